The van der Waals surface area contributed by atoms with Crippen molar-refractivity contribution in [2.75, 3.05) is 39.4 Å². The Morgan fingerprint density at radius 1 is 1.36 bits per heavy atom. The van der Waals surface area contributed by atoms with Gasteiger partial charge in [-0.05, 0) is 12.8 Å². The van der Waals surface area contributed by atoms with Crippen molar-refractivity contribution in [2.24, 2.45) is 5.92 Å². The Bertz CT molecular complexity index is 223. The minimum Gasteiger partial charge on any atom is -0.381 e. The summed E-state index contributed by atoms with van der Waals surface area (Å²) in [6.45, 7) is 4.20. The van der Waals surface area contributed by atoms with Gasteiger partial charge in [0, 0.05) is 45.3 Å². The quantitative estimate of drug-likeness (QED) is 0.638. The second kappa shape index (κ2) is 4.75. The maximum Gasteiger partial charge on any atom is 0.225 e. The molecule has 0 radical (unpaired) electrons. The molecule has 1 N–H and O–H groups in total. The molecule has 4 nitrogen and oxygen atoms in total. The minimum atomic E-state index is 0.163. The van der Waals surface area contributed by atoms with Crippen LogP contribution in [0.25, 0.3) is 0 Å². The van der Waals surface area contributed by atoms with Crippen LogP contribution in [0.3, 0.4) is 0 Å². The summed E-state index contributed by atoms with van der Waals surface area (Å²) in [5.41, 5.74) is 0. The second-order valence-corrected chi connectivity index (χ2v) is 3.88. The molecule has 80 valence electrons. The first-order chi connectivity index (χ1) is 7.27. The number of amides is 1. The van der Waals surface area contributed by atoms with Crippen LogP contribution in [-0.4, -0.2) is 50.2 Å². The monoisotopic (exact) mass is 199 g/mol. The molecule has 0 saturated carbocycles. The summed E-state index contributed by atoms with van der Waals surface area (Å²) in [6.07, 6.45) is 1.72. The van der Waals surface area contributed by atoms with E-state index in [2.05, 4.69) is 0 Å². The highest BCUT2D eigenvalue weighted by Crippen LogP contribution is 2.17. The fraction of sp³-hybridized carbons (Fsp3) is 0.900. The lowest BCUT2D eigenvalue weighted by molar-refractivity contribution is -0.139. The van der Waals surface area contributed by atoms with E-state index in [9.17, 15) is 4.79 Å². The Morgan fingerprint density at radius 3 is 2.64 bits per heavy atom. The van der Waals surface area contributed by atoms with Gasteiger partial charge in [0.2, 0.25) is 5.91 Å². The molecule has 14 heavy (non-hydrogen) atoms. The fourth-order valence-electron chi connectivity index (χ4n) is 2.03. The zero-order chi connectivity index (χ0) is 10.7. The van der Waals surface area contributed by atoms with Crippen molar-refractivity contribution in [3.05, 3.63) is 0 Å². The third-order valence-electron chi connectivity index (χ3n) is 2.94. The number of carbonyl (C=O) groups excluding carboxylic acids is 1. The largest absolute Gasteiger partial charge is 0.381 e. The van der Waals surface area contributed by atoms with Crippen molar-refractivity contribution in [3.63, 3.8) is 0 Å². The fourth-order valence-corrected chi connectivity index (χ4v) is 2.03. The molecule has 2 saturated heterocycles. The zero-order valence-electron chi connectivity index (χ0n) is 9.45. The van der Waals surface area contributed by atoms with Crippen molar-refractivity contribution in [1.82, 2.24) is 10.2 Å². The highest BCUT2D eigenvalue weighted by Gasteiger charge is 2.26. The lowest BCUT2D eigenvalue weighted by atomic mass is 9.98. The Morgan fingerprint density at radius 2 is 2.00 bits per heavy atom. The molecule has 0 spiro atoms. The van der Waals surface area contributed by atoms with E-state index < -0.39 is 0 Å². The van der Waals surface area contributed by atoms with Crippen LogP contribution in [0.4, 0.5) is 0 Å². The summed E-state index contributed by atoms with van der Waals surface area (Å²) in [5, 5.41) is 1.52. The Kier molecular flexibility index (Phi) is 2.95. The first-order valence-corrected chi connectivity index (χ1v) is 5.38. The Hall–Kier alpha value is -0.610. The molecule has 0 atom stereocenters. The van der Waals surface area contributed by atoms with Crippen LogP contribution >= 0.6 is 0 Å². The summed E-state index contributed by atoms with van der Waals surface area (Å²) < 4.78 is 12.7. The van der Waals surface area contributed by atoms with Crippen molar-refractivity contribution in [2.45, 2.75) is 12.8 Å². The predicted octanol–water partition coefficient (Wildman–Crippen LogP) is -0.155. The Balaban J connectivity index is 1.84. The van der Waals surface area contributed by atoms with Crippen LogP contribution < -0.4 is 5.31 Å². The van der Waals surface area contributed by atoms with Crippen LogP contribution in [0.2, 0.25) is 1.41 Å². The van der Waals surface area contributed by atoms with E-state index >= 15 is 0 Å². The van der Waals surface area contributed by atoms with Crippen LogP contribution in [0.5, 0.6) is 0 Å². The van der Waals surface area contributed by atoms with Gasteiger partial charge in [0.05, 0.1) is 0 Å². The van der Waals surface area contributed by atoms with E-state index in [1.165, 1.54) is 5.31 Å². The lowest BCUT2D eigenvalue weighted by Crippen LogP contribution is -2.49. The standard InChI is InChI=1S/C10H18N2O2/c13-10(9-1-7-14-8-2-9)12-5-3-11-4-6-12/h9,11H,1-8H2/i/hD. The summed E-state index contributed by atoms with van der Waals surface area (Å²) in [6, 6.07) is 0. The molecule has 2 fully saturated rings. The summed E-state index contributed by atoms with van der Waals surface area (Å²) in [4.78, 5) is 14.0. The van der Waals surface area contributed by atoms with E-state index in [-0.39, 0.29) is 11.8 Å². The molecule has 0 bridgehead atoms. The number of nitrogens with zero attached hydrogens (tertiary/aromatic N) is 1. The van der Waals surface area contributed by atoms with Crippen molar-refractivity contribution >= 4 is 5.91 Å². The highest BCUT2D eigenvalue weighted by molar-refractivity contribution is 5.79. The molecule has 2 heterocycles. The molecule has 0 aromatic carbocycles. The highest BCUT2D eigenvalue weighted by atomic mass is 16.5. The smallest absolute Gasteiger partial charge is 0.225 e. The molecule has 2 rings (SSSR count). The van der Waals surface area contributed by atoms with Gasteiger partial charge in [-0.15, -0.1) is 0 Å². The van der Waals surface area contributed by atoms with Gasteiger partial charge < -0.3 is 14.9 Å². The van der Waals surface area contributed by atoms with E-state index in [4.69, 9.17) is 6.15 Å². The first-order valence-electron chi connectivity index (χ1n) is 5.82. The number of ether oxygens (including phenoxy) is 1. The maximum absolute atomic E-state index is 12.1. The average Bonchev–Trinajstić information content (AvgIpc) is 2.30. The van der Waals surface area contributed by atoms with Crippen molar-refractivity contribution in [1.29, 1.82) is 0 Å². The second-order valence-electron chi connectivity index (χ2n) is 3.88. The molecular formula is C10H18N2O2. The predicted molar refractivity (Wildman–Crippen MR) is 53.0 cm³/mol. The minimum absolute atomic E-state index is 0.163. The van der Waals surface area contributed by atoms with Gasteiger partial charge in [-0.25, -0.2) is 0 Å². The normalized spacial score (nSPS) is 27.4. The molecule has 0 unspecified atom stereocenters. The van der Waals surface area contributed by atoms with Crippen molar-refractivity contribution in [3.8, 4) is 0 Å². The number of hydrogen-bond donors (Lipinski definition) is 1. The van der Waals surface area contributed by atoms with Gasteiger partial charge in [0.15, 0.2) is 0 Å². The number of nitrogens with one attached hydrogen (secondary N) is 1. The van der Waals surface area contributed by atoms with Crippen LogP contribution in [-0.2, 0) is 9.53 Å². The molecule has 0 aliphatic carbocycles. The van der Waals surface area contributed by atoms with E-state index in [1.54, 1.807) is 0 Å². The SMILES string of the molecule is [2H]N1CCN(C(=O)C2CCOCC2)CC1. The Labute approximate surface area is 86.1 Å². The van der Waals surface area contributed by atoms with Crippen LogP contribution in [0, 0.1) is 5.92 Å². The zero-order valence-corrected chi connectivity index (χ0v) is 8.45. The molecule has 1 amide bonds. The molecule has 2 aliphatic rings. The maximum atomic E-state index is 12.1. The molecule has 0 aromatic heterocycles. The van der Waals surface area contributed by atoms with Crippen LogP contribution in [0.15, 0.2) is 0 Å². The van der Waals surface area contributed by atoms with Crippen LogP contribution in [0.1, 0.15) is 12.8 Å². The number of piperazine rings is 1. The molecule has 0 aromatic rings. The van der Waals surface area contributed by atoms with Gasteiger partial charge in [-0.3, -0.25) is 4.79 Å². The molecule has 2 aliphatic heterocycles. The van der Waals surface area contributed by atoms with Gasteiger partial charge >= 0.3 is 0 Å². The van der Waals surface area contributed by atoms with E-state index in [1.807, 2.05) is 4.90 Å². The van der Waals surface area contributed by atoms with Gasteiger partial charge in [-0.1, -0.05) is 0 Å². The van der Waals surface area contributed by atoms with Gasteiger partial charge in [0.1, 0.15) is 1.41 Å². The molecular weight excluding hydrogens is 180 g/mol. The topological polar surface area (TPSA) is 41.6 Å². The third kappa shape index (κ3) is 2.25. The number of carbonyl (C=O) groups is 1. The number of rotatable bonds is 1. The van der Waals surface area contributed by atoms with Gasteiger partial charge in [0.25, 0.3) is 0 Å². The lowest BCUT2D eigenvalue weighted by Gasteiger charge is -2.32. The van der Waals surface area contributed by atoms with E-state index in [0.717, 1.165) is 26.1 Å². The average molecular weight is 199 g/mol. The third-order valence-corrected chi connectivity index (χ3v) is 2.94. The number of hydrogen-bond acceptors (Lipinski definition) is 3. The molecule has 4 heteroatoms. The van der Waals surface area contributed by atoms with Gasteiger partial charge in [-0.2, -0.15) is 0 Å². The first kappa shape index (κ1) is 8.68. The summed E-state index contributed by atoms with van der Waals surface area (Å²) in [5.74, 6) is 0.433. The summed E-state index contributed by atoms with van der Waals surface area (Å²) >= 11 is 0. The summed E-state index contributed by atoms with van der Waals surface area (Å²) in [7, 11) is 0. The van der Waals surface area contributed by atoms with E-state index in [0.29, 0.717) is 26.2 Å². The van der Waals surface area contributed by atoms with Crippen molar-refractivity contribution < 1.29 is 10.9 Å².